The first kappa shape index (κ1) is 18.6. The molecule has 0 spiro atoms. The second-order valence-electron chi connectivity index (χ2n) is 8.18. The number of hydrogen-bond donors (Lipinski definition) is 3. The van der Waals surface area contributed by atoms with Crippen LogP contribution >= 0.6 is 0 Å². The number of rotatable bonds is 5. The summed E-state index contributed by atoms with van der Waals surface area (Å²) in [6.45, 7) is 5.47. The van der Waals surface area contributed by atoms with Gasteiger partial charge in [-0.15, -0.1) is 0 Å². The van der Waals surface area contributed by atoms with Gasteiger partial charge in [0.1, 0.15) is 9.84 Å². The smallest absolute Gasteiger partial charge is 0.150 e. The van der Waals surface area contributed by atoms with Crippen LogP contribution in [0, 0.1) is 11.8 Å². The summed E-state index contributed by atoms with van der Waals surface area (Å²) in [6.07, 6.45) is 6.72. The van der Waals surface area contributed by atoms with Crippen LogP contribution in [0.4, 0.5) is 0 Å². The van der Waals surface area contributed by atoms with E-state index in [2.05, 4.69) is 27.9 Å². The molecule has 2 saturated heterocycles. The van der Waals surface area contributed by atoms with Crippen molar-refractivity contribution >= 4 is 9.84 Å². The van der Waals surface area contributed by atoms with E-state index < -0.39 is 9.84 Å². The molecule has 0 aromatic heterocycles. The molecule has 2 aliphatic heterocycles. The molecule has 140 valence electrons. The molecule has 1 aliphatic carbocycles. The molecule has 3 aliphatic rings. The molecule has 0 aromatic rings. The van der Waals surface area contributed by atoms with Gasteiger partial charge in [-0.05, 0) is 57.5 Å². The van der Waals surface area contributed by atoms with Gasteiger partial charge >= 0.3 is 0 Å². The van der Waals surface area contributed by atoms with Crippen molar-refractivity contribution in [3.8, 4) is 0 Å². The van der Waals surface area contributed by atoms with Crippen LogP contribution in [0.15, 0.2) is 0 Å². The van der Waals surface area contributed by atoms with E-state index in [1.807, 2.05) is 0 Å². The monoisotopic (exact) mass is 358 g/mol. The predicted molar refractivity (Wildman–Crippen MR) is 97.8 cm³/mol. The molecule has 24 heavy (non-hydrogen) atoms. The third-order valence-corrected chi connectivity index (χ3v) is 7.85. The van der Waals surface area contributed by atoms with Gasteiger partial charge < -0.3 is 15.5 Å². The minimum atomic E-state index is -2.87. The fraction of sp³-hybridized carbons (Fsp3) is 1.00. The maximum Gasteiger partial charge on any atom is 0.150 e. The Balaban J connectivity index is 1.42. The fourth-order valence-electron chi connectivity index (χ4n) is 4.61. The quantitative estimate of drug-likeness (QED) is 0.643. The van der Waals surface area contributed by atoms with Crippen molar-refractivity contribution in [2.45, 2.75) is 49.6 Å². The number of hydrogen-bond acceptors (Lipinski definition) is 6. The number of likely N-dealkylation sites (tertiary alicyclic amines) is 1. The largest absolute Gasteiger partial charge is 0.312 e. The summed E-state index contributed by atoms with van der Waals surface area (Å²) in [5.74, 6) is 1.36. The molecule has 1 saturated carbocycles. The van der Waals surface area contributed by atoms with Crippen LogP contribution in [-0.4, -0.2) is 76.8 Å². The average Bonchev–Trinajstić information content (AvgIpc) is 2.98. The van der Waals surface area contributed by atoms with E-state index in [0.29, 0.717) is 18.1 Å². The Kier molecular flexibility index (Phi) is 6.19. The zero-order valence-electron chi connectivity index (χ0n) is 15.1. The first-order valence-electron chi connectivity index (χ1n) is 9.49. The molecule has 0 bridgehead atoms. The number of piperazine rings is 1. The first-order valence-corrected chi connectivity index (χ1v) is 11.4. The van der Waals surface area contributed by atoms with Crippen LogP contribution in [-0.2, 0) is 9.84 Å². The lowest BCUT2D eigenvalue weighted by Crippen LogP contribution is -2.63. The van der Waals surface area contributed by atoms with Crippen molar-refractivity contribution in [2.75, 3.05) is 46.0 Å². The summed E-state index contributed by atoms with van der Waals surface area (Å²) in [7, 11) is -0.668. The Bertz CT molecular complexity index is 505. The lowest BCUT2D eigenvalue weighted by Gasteiger charge is -2.40. The van der Waals surface area contributed by atoms with Crippen molar-refractivity contribution in [2.24, 2.45) is 11.8 Å². The Hall–Kier alpha value is -0.210. The molecule has 0 radical (unpaired) electrons. The van der Waals surface area contributed by atoms with E-state index in [1.54, 1.807) is 0 Å². The van der Waals surface area contributed by atoms with Crippen molar-refractivity contribution in [1.29, 1.82) is 0 Å². The maximum atomic E-state index is 11.7. The van der Waals surface area contributed by atoms with Crippen molar-refractivity contribution < 1.29 is 8.42 Å². The van der Waals surface area contributed by atoms with Gasteiger partial charge in [-0.3, -0.25) is 5.32 Å². The number of nitrogens with one attached hydrogen (secondary N) is 3. The molecule has 0 aromatic carbocycles. The highest BCUT2D eigenvalue weighted by molar-refractivity contribution is 7.91. The van der Waals surface area contributed by atoms with E-state index in [9.17, 15) is 8.42 Å². The Morgan fingerprint density at radius 2 is 1.88 bits per heavy atom. The molecule has 2 unspecified atom stereocenters. The molecule has 6 nitrogen and oxygen atoms in total. The van der Waals surface area contributed by atoms with Crippen LogP contribution < -0.4 is 16.0 Å². The van der Waals surface area contributed by atoms with Gasteiger partial charge in [-0.2, -0.15) is 0 Å². The van der Waals surface area contributed by atoms with Gasteiger partial charge in [0.25, 0.3) is 0 Å². The standard InChI is InChI=1S/C17H34N4O2S/c1-21-8-7-13(12-21)9-19-17-11-18-10-16(20-17)14-3-5-15(6-4-14)24(2,22)23/h13-20H,3-12H2,1-2H3/t13-,14?,15?,16?,17?/m0/s1. The maximum absolute atomic E-state index is 11.7. The van der Waals surface area contributed by atoms with E-state index in [1.165, 1.54) is 25.8 Å². The van der Waals surface area contributed by atoms with Crippen molar-refractivity contribution in [1.82, 2.24) is 20.9 Å². The van der Waals surface area contributed by atoms with E-state index in [0.717, 1.165) is 51.2 Å². The molecular formula is C17H34N4O2S. The highest BCUT2D eigenvalue weighted by Crippen LogP contribution is 2.30. The zero-order chi connectivity index (χ0) is 17.2. The normalized spacial score (nSPS) is 39.2. The highest BCUT2D eigenvalue weighted by Gasteiger charge is 2.34. The zero-order valence-corrected chi connectivity index (χ0v) is 15.9. The average molecular weight is 359 g/mol. The molecule has 0 amide bonds. The third-order valence-electron chi connectivity index (χ3n) is 6.16. The van der Waals surface area contributed by atoms with Crippen molar-refractivity contribution in [3.05, 3.63) is 0 Å². The summed E-state index contributed by atoms with van der Waals surface area (Å²) in [5.41, 5.74) is 0. The molecule has 3 rings (SSSR count). The fourth-order valence-corrected chi connectivity index (χ4v) is 5.74. The second-order valence-corrected chi connectivity index (χ2v) is 10.5. The van der Waals surface area contributed by atoms with Gasteiger partial charge in [0.05, 0.1) is 11.4 Å². The summed E-state index contributed by atoms with van der Waals surface area (Å²) < 4.78 is 23.4. The van der Waals surface area contributed by atoms with Crippen molar-refractivity contribution in [3.63, 3.8) is 0 Å². The number of nitrogens with zero attached hydrogens (tertiary/aromatic N) is 1. The molecule has 3 N–H and O–H groups in total. The van der Waals surface area contributed by atoms with Crippen LogP contribution in [0.25, 0.3) is 0 Å². The minimum Gasteiger partial charge on any atom is -0.312 e. The van der Waals surface area contributed by atoms with Crippen LogP contribution in [0.3, 0.4) is 0 Å². The molecule has 2 heterocycles. The van der Waals surface area contributed by atoms with E-state index in [-0.39, 0.29) is 5.25 Å². The highest BCUT2D eigenvalue weighted by atomic mass is 32.2. The molecule has 7 heteroatoms. The Labute approximate surface area is 147 Å². The molecule has 3 atom stereocenters. The van der Waals surface area contributed by atoms with Gasteiger partial charge in [-0.25, -0.2) is 8.42 Å². The first-order chi connectivity index (χ1) is 11.4. The molecule has 3 fully saturated rings. The molecular weight excluding hydrogens is 324 g/mol. The third kappa shape index (κ3) is 4.91. The Morgan fingerprint density at radius 3 is 2.50 bits per heavy atom. The summed E-state index contributed by atoms with van der Waals surface area (Å²) in [6, 6.07) is 0.461. The Morgan fingerprint density at radius 1 is 1.12 bits per heavy atom. The topological polar surface area (TPSA) is 73.5 Å². The van der Waals surface area contributed by atoms with Gasteiger partial charge in [-0.1, -0.05) is 0 Å². The van der Waals surface area contributed by atoms with Gasteiger partial charge in [0, 0.05) is 38.5 Å². The van der Waals surface area contributed by atoms with Gasteiger partial charge in [0.2, 0.25) is 0 Å². The lowest BCUT2D eigenvalue weighted by atomic mass is 9.83. The van der Waals surface area contributed by atoms with Crippen LogP contribution in [0.1, 0.15) is 32.1 Å². The SMILES string of the molecule is CN1CC[C@@H](CNC2CNCC(C3CCC(S(C)(=O)=O)CC3)N2)C1. The summed E-state index contributed by atoms with van der Waals surface area (Å²) in [5, 5.41) is 10.9. The van der Waals surface area contributed by atoms with Crippen LogP contribution in [0.2, 0.25) is 0 Å². The predicted octanol–water partition coefficient (Wildman–Crippen LogP) is 0.0186. The summed E-state index contributed by atoms with van der Waals surface area (Å²) in [4.78, 5) is 2.40. The lowest BCUT2D eigenvalue weighted by molar-refractivity contribution is 0.199. The summed E-state index contributed by atoms with van der Waals surface area (Å²) >= 11 is 0. The van der Waals surface area contributed by atoms with Gasteiger partial charge in [0.15, 0.2) is 0 Å². The number of sulfone groups is 1. The minimum absolute atomic E-state index is 0.112. The van der Waals surface area contributed by atoms with Crippen LogP contribution in [0.5, 0.6) is 0 Å². The van der Waals surface area contributed by atoms with E-state index >= 15 is 0 Å². The van der Waals surface area contributed by atoms with E-state index in [4.69, 9.17) is 0 Å². The second kappa shape index (κ2) is 7.99.